The first kappa shape index (κ1) is 36.3. The highest BCUT2D eigenvalue weighted by Gasteiger charge is 2.53. The number of rotatable bonds is 5. The number of hydrogen-bond acceptors (Lipinski definition) is 5. The van der Waals surface area contributed by atoms with Crippen molar-refractivity contribution < 1.29 is 4.74 Å². The largest absolute Gasteiger partial charge is 0.456 e. The van der Waals surface area contributed by atoms with Crippen molar-refractivity contribution in [2.75, 3.05) is 0 Å². The van der Waals surface area contributed by atoms with E-state index in [0.717, 1.165) is 84.0 Å². The zero-order valence-electron chi connectivity index (χ0n) is 34.6. The minimum Gasteiger partial charge on any atom is -0.456 e. The van der Waals surface area contributed by atoms with E-state index >= 15 is 0 Å². The van der Waals surface area contributed by atoms with Gasteiger partial charge in [-0.25, -0.2) is 15.0 Å². The molecule has 1 aromatic heterocycles. The van der Waals surface area contributed by atoms with Crippen molar-refractivity contribution >= 4 is 33.3 Å². The zero-order chi connectivity index (χ0) is 42.2. The van der Waals surface area contributed by atoms with Crippen LogP contribution in [0.2, 0.25) is 0 Å². The molecular formula is C59H38N4O. The monoisotopic (exact) mass is 818 g/mol. The maximum atomic E-state index is 7.20. The Kier molecular flexibility index (Phi) is 8.12. The summed E-state index contributed by atoms with van der Waals surface area (Å²) in [6.45, 7) is 0. The molecule has 2 atom stereocenters. The van der Waals surface area contributed by atoms with Crippen molar-refractivity contribution in [3.05, 3.63) is 257 Å². The SMILES string of the molecule is c1ccc(C2=NC(c3ccc4ccccc4c3)NC(c3cccc(-c4cccc5c4Oc4ccccc4C54c5ccccc5-c5c(-c6ccccc6)nc6ccccc6c54)c3)=N2)cc1. The highest BCUT2D eigenvalue weighted by atomic mass is 16.5. The van der Waals surface area contributed by atoms with Crippen molar-refractivity contribution in [3.63, 3.8) is 0 Å². The third kappa shape index (κ3) is 5.47. The number of pyridine rings is 1. The Morgan fingerprint density at radius 1 is 0.484 bits per heavy atom. The van der Waals surface area contributed by atoms with Crippen molar-refractivity contribution in [2.45, 2.75) is 11.6 Å². The molecule has 2 unspecified atom stereocenters. The number of ether oxygens (including phenoxy) is 1. The summed E-state index contributed by atoms with van der Waals surface area (Å²) in [5.41, 5.74) is 14.3. The summed E-state index contributed by atoms with van der Waals surface area (Å²) in [5.74, 6) is 3.12. The summed E-state index contributed by atoms with van der Waals surface area (Å²) in [6.07, 6.45) is -0.340. The van der Waals surface area contributed by atoms with Crippen LogP contribution < -0.4 is 10.1 Å². The quantitative estimate of drug-likeness (QED) is 0.188. The fraction of sp³-hybridized carbons (Fsp3) is 0.0339. The molecule has 300 valence electrons. The smallest absolute Gasteiger partial charge is 0.159 e. The summed E-state index contributed by atoms with van der Waals surface area (Å²) in [4.78, 5) is 15.8. The molecule has 0 bridgehead atoms. The average molecular weight is 819 g/mol. The molecule has 13 rings (SSSR count). The van der Waals surface area contributed by atoms with Gasteiger partial charge in [0.05, 0.1) is 16.6 Å². The fourth-order valence-corrected chi connectivity index (χ4v) is 10.4. The van der Waals surface area contributed by atoms with Gasteiger partial charge in [0.15, 0.2) is 5.84 Å². The number of para-hydroxylation sites is 3. The maximum Gasteiger partial charge on any atom is 0.159 e. The number of amidine groups is 2. The van der Waals surface area contributed by atoms with E-state index in [-0.39, 0.29) is 6.17 Å². The minimum atomic E-state index is -0.709. The molecule has 0 saturated heterocycles. The van der Waals surface area contributed by atoms with Crippen LogP contribution in [0.15, 0.2) is 228 Å². The van der Waals surface area contributed by atoms with Gasteiger partial charge in [-0.15, -0.1) is 0 Å². The van der Waals surface area contributed by atoms with Gasteiger partial charge < -0.3 is 10.1 Å². The van der Waals surface area contributed by atoms with E-state index < -0.39 is 5.41 Å². The lowest BCUT2D eigenvalue weighted by molar-refractivity contribution is 0.438. The Hall–Kier alpha value is -8.41. The van der Waals surface area contributed by atoms with Crippen LogP contribution >= 0.6 is 0 Å². The lowest BCUT2D eigenvalue weighted by Crippen LogP contribution is -2.33. The molecule has 10 aromatic rings. The molecule has 2 aliphatic heterocycles. The number of aliphatic imine (C=N–C) groups is 2. The fourth-order valence-electron chi connectivity index (χ4n) is 10.4. The second-order valence-electron chi connectivity index (χ2n) is 16.7. The molecule has 1 spiro atoms. The topological polar surface area (TPSA) is 58.9 Å². The standard InChI is InChI=1S/C59H38N4O/c1-3-18-38(19-4-1)54-52-45-25-9-11-28-47(45)59(53(52)46-26-10-13-31-50(46)60-54)48-29-12-14-32-51(48)64-55-44(27-16-30-49(55)59)41-23-15-24-42(36-41)57-61-56(39-20-5-2-6-21-39)62-58(63-57)43-34-33-37-17-7-8-22-40(37)35-43/h1-36,58H,(H,61,62,63). The summed E-state index contributed by atoms with van der Waals surface area (Å²) >= 11 is 0. The van der Waals surface area contributed by atoms with Gasteiger partial charge in [-0.05, 0) is 62.9 Å². The lowest BCUT2D eigenvalue weighted by Gasteiger charge is -2.40. The number of hydrogen-bond donors (Lipinski definition) is 1. The highest BCUT2D eigenvalue weighted by molar-refractivity contribution is 6.13. The van der Waals surface area contributed by atoms with E-state index in [4.69, 9.17) is 19.7 Å². The summed E-state index contributed by atoms with van der Waals surface area (Å²) in [6, 6.07) is 77.2. The van der Waals surface area contributed by atoms with Crippen LogP contribution in [-0.2, 0) is 5.41 Å². The molecule has 0 fully saturated rings. The first-order chi connectivity index (χ1) is 31.7. The molecule has 0 amide bonds. The summed E-state index contributed by atoms with van der Waals surface area (Å²) in [7, 11) is 0. The van der Waals surface area contributed by atoms with Gasteiger partial charge in [0.1, 0.15) is 23.5 Å². The molecule has 3 heterocycles. The molecule has 5 heteroatoms. The van der Waals surface area contributed by atoms with Gasteiger partial charge in [0, 0.05) is 44.3 Å². The number of nitrogens with zero attached hydrogens (tertiary/aromatic N) is 3. The lowest BCUT2D eigenvalue weighted by atomic mass is 9.65. The second-order valence-corrected chi connectivity index (χ2v) is 16.7. The Morgan fingerprint density at radius 3 is 2.02 bits per heavy atom. The van der Waals surface area contributed by atoms with Crippen molar-refractivity contribution in [1.82, 2.24) is 10.3 Å². The molecular weight excluding hydrogens is 781 g/mol. The first-order valence-corrected chi connectivity index (χ1v) is 21.8. The summed E-state index contributed by atoms with van der Waals surface area (Å²) in [5, 5.41) is 7.22. The molecule has 1 N–H and O–H groups in total. The highest BCUT2D eigenvalue weighted by Crippen LogP contribution is 2.65. The first-order valence-electron chi connectivity index (χ1n) is 21.8. The number of fused-ring (bicyclic) bond motifs is 12. The van der Waals surface area contributed by atoms with Gasteiger partial charge >= 0.3 is 0 Å². The van der Waals surface area contributed by atoms with Crippen LogP contribution in [0.25, 0.3) is 55.2 Å². The minimum absolute atomic E-state index is 0.340. The van der Waals surface area contributed by atoms with Gasteiger partial charge in [-0.3, -0.25) is 0 Å². The zero-order valence-corrected chi connectivity index (χ0v) is 34.6. The van der Waals surface area contributed by atoms with Crippen molar-refractivity contribution in [1.29, 1.82) is 0 Å². The second kappa shape index (κ2) is 14.3. The molecule has 0 radical (unpaired) electrons. The molecule has 64 heavy (non-hydrogen) atoms. The third-order valence-electron chi connectivity index (χ3n) is 13.1. The maximum absolute atomic E-state index is 7.20. The van der Waals surface area contributed by atoms with E-state index in [1.54, 1.807) is 0 Å². The molecule has 1 aliphatic carbocycles. The van der Waals surface area contributed by atoms with E-state index in [9.17, 15) is 0 Å². The van der Waals surface area contributed by atoms with Crippen LogP contribution in [0, 0.1) is 0 Å². The van der Waals surface area contributed by atoms with Crippen LogP contribution in [0.5, 0.6) is 11.5 Å². The van der Waals surface area contributed by atoms with Gasteiger partial charge in [0.2, 0.25) is 0 Å². The normalized spacial score (nSPS) is 16.8. The van der Waals surface area contributed by atoms with Gasteiger partial charge in [0.25, 0.3) is 0 Å². The predicted molar refractivity (Wildman–Crippen MR) is 259 cm³/mol. The molecule has 3 aliphatic rings. The number of benzene rings is 9. The Bertz CT molecular complexity index is 3580. The van der Waals surface area contributed by atoms with E-state index in [1.165, 1.54) is 27.5 Å². The van der Waals surface area contributed by atoms with Crippen LogP contribution in [-0.4, -0.2) is 16.7 Å². The molecule has 9 aromatic carbocycles. The predicted octanol–water partition coefficient (Wildman–Crippen LogP) is 13.7. The van der Waals surface area contributed by atoms with Gasteiger partial charge in [-0.2, -0.15) is 0 Å². The summed E-state index contributed by atoms with van der Waals surface area (Å²) < 4.78 is 7.20. The van der Waals surface area contributed by atoms with Crippen molar-refractivity contribution in [2.24, 2.45) is 9.98 Å². The average Bonchev–Trinajstić information content (AvgIpc) is 3.68. The molecule has 0 saturated carbocycles. The Morgan fingerprint density at radius 2 is 1.14 bits per heavy atom. The van der Waals surface area contributed by atoms with Crippen molar-refractivity contribution in [3.8, 4) is 45.0 Å². The number of aromatic nitrogens is 1. The van der Waals surface area contributed by atoms with Crippen LogP contribution in [0.1, 0.15) is 45.1 Å². The van der Waals surface area contributed by atoms with E-state index in [0.29, 0.717) is 5.84 Å². The van der Waals surface area contributed by atoms with Crippen LogP contribution in [0.4, 0.5) is 0 Å². The van der Waals surface area contributed by atoms with Gasteiger partial charge in [-0.1, -0.05) is 194 Å². The van der Waals surface area contributed by atoms with Crippen LogP contribution in [0.3, 0.4) is 0 Å². The third-order valence-corrected chi connectivity index (χ3v) is 13.1. The Labute approximate surface area is 370 Å². The molecule has 5 nitrogen and oxygen atoms in total. The number of nitrogens with one attached hydrogen (secondary N) is 1. The Balaban J connectivity index is 1.01. The van der Waals surface area contributed by atoms with E-state index in [2.05, 4.69) is 206 Å². The van der Waals surface area contributed by atoms with E-state index in [1.807, 2.05) is 18.2 Å².